The highest BCUT2D eigenvalue weighted by molar-refractivity contribution is 6.06. The summed E-state index contributed by atoms with van der Waals surface area (Å²) in [6, 6.07) is 7.85. The molecule has 0 saturated carbocycles. The maximum absolute atomic E-state index is 12.5. The van der Waals surface area contributed by atoms with Crippen molar-refractivity contribution in [2.75, 3.05) is 5.32 Å². The molecule has 136 valence electrons. The first-order valence-electron chi connectivity index (χ1n) is 9.03. The van der Waals surface area contributed by atoms with E-state index in [0.717, 1.165) is 57.3 Å². The number of aromatic nitrogens is 2. The Balaban J connectivity index is 1.58. The fourth-order valence-corrected chi connectivity index (χ4v) is 3.38. The second-order valence-corrected chi connectivity index (χ2v) is 6.95. The van der Waals surface area contributed by atoms with Gasteiger partial charge in [0.25, 0.3) is 5.91 Å². The Labute approximate surface area is 157 Å². The number of fused-ring (bicyclic) bond motifs is 1. The molecule has 0 fully saturated rings. The normalized spacial score (nSPS) is 14.0. The molecule has 0 saturated heterocycles. The molecule has 1 aliphatic carbocycles. The van der Waals surface area contributed by atoms with Gasteiger partial charge in [0.05, 0.1) is 5.69 Å². The van der Waals surface area contributed by atoms with Crippen LogP contribution in [-0.4, -0.2) is 16.0 Å². The highest BCUT2D eigenvalue weighted by Gasteiger charge is 2.14. The van der Waals surface area contributed by atoms with Gasteiger partial charge in [-0.3, -0.25) is 4.79 Å². The second-order valence-electron chi connectivity index (χ2n) is 6.95. The van der Waals surface area contributed by atoms with Crippen molar-refractivity contribution in [3.63, 3.8) is 0 Å². The lowest BCUT2D eigenvalue weighted by molar-refractivity contribution is -0.112. The number of nitrogens with one attached hydrogen (secondary N) is 1. The molecule has 5 nitrogen and oxygen atoms in total. The van der Waals surface area contributed by atoms with Crippen LogP contribution < -0.4 is 5.32 Å². The number of hydrogen-bond acceptors (Lipinski definition) is 4. The molecule has 0 radical (unpaired) electrons. The molecule has 3 aromatic rings. The van der Waals surface area contributed by atoms with Gasteiger partial charge in [0, 0.05) is 22.7 Å². The predicted molar refractivity (Wildman–Crippen MR) is 106 cm³/mol. The number of pyridine rings is 1. The Kier molecular flexibility index (Phi) is 4.36. The first-order valence-corrected chi connectivity index (χ1v) is 9.03. The third-order valence-corrected chi connectivity index (χ3v) is 4.99. The first kappa shape index (κ1) is 17.2. The molecule has 1 aromatic carbocycles. The monoisotopic (exact) mass is 359 g/mol. The van der Waals surface area contributed by atoms with Crippen molar-refractivity contribution in [1.29, 1.82) is 0 Å². The zero-order valence-electron chi connectivity index (χ0n) is 15.7. The molecule has 4 rings (SSSR count). The van der Waals surface area contributed by atoms with Crippen LogP contribution in [0.15, 0.2) is 58.3 Å². The number of anilines is 1. The lowest BCUT2D eigenvalue weighted by Gasteiger charge is -2.12. The summed E-state index contributed by atoms with van der Waals surface area (Å²) in [4.78, 5) is 16.9. The molecule has 0 unspecified atom stereocenters. The van der Waals surface area contributed by atoms with Gasteiger partial charge in [-0.25, -0.2) is 4.98 Å². The third kappa shape index (κ3) is 3.28. The summed E-state index contributed by atoms with van der Waals surface area (Å²) in [5.74, 6) is 0.427. The van der Waals surface area contributed by atoms with Gasteiger partial charge in [-0.1, -0.05) is 22.9 Å². The number of rotatable bonds is 3. The summed E-state index contributed by atoms with van der Waals surface area (Å²) in [5, 5.41) is 7.93. The van der Waals surface area contributed by atoms with Gasteiger partial charge in [0.15, 0.2) is 5.58 Å². The lowest BCUT2D eigenvalue weighted by Crippen LogP contribution is -2.16. The van der Waals surface area contributed by atoms with E-state index in [0.29, 0.717) is 5.82 Å². The molecule has 27 heavy (non-hydrogen) atoms. The quantitative estimate of drug-likeness (QED) is 0.705. The predicted octanol–water partition coefficient (Wildman–Crippen LogP) is 5.11. The number of carbonyl (C=O) groups excluding carboxylic acids is 1. The van der Waals surface area contributed by atoms with Gasteiger partial charge >= 0.3 is 0 Å². The van der Waals surface area contributed by atoms with Crippen LogP contribution in [0.5, 0.6) is 0 Å². The SMILES string of the molecule is CC1=C(C(=O)Nc2ccc(-c3cc4onc(C)c4cc3C)cn2)C=CCC1. The van der Waals surface area contributed by atoms with Crippen molar-refractivity contribution in [1.82, 2.24) is 10.1 Å². The van der Waals surface area contributed by atoms with E-state index >= 15 is 0 Å². The van der Waals surface area contributed by atoms with Crippen LogP contribution in [0.4, 0.5) is 5.82 Å². The van der Waals surface area contributed by atoms with E-state index in [1.807, 2.05) is 44.2 Å². The van der Waals surface area contributed by atoms with Crippen LogP contribution in [-0.2, 0) is 4.79 Å². The van der Waals surface area contributed by atoms with Gasteiger partial charge < -0.3 is 9.84 Å². The lowest BCUT2D eigenvalue weighted by atomic mass is 9.98. The van der Waals surface area contributed by atoms with Gasteiger partial charge in [-0.05, 0) is 69.0 Å². The van der Waals surface area contributed by atoms with E-state index in [4.69, 9.17) is 4.52 Å². The molecule has 0 bridgehead atoms. The van der Waals surface area contributed by atoms with Crippen molar-refractivity contribution in [3.05, 3.63) is 65.0 Å². The average molecular weight is 359 g/mol. The maximum atomic E-state index is 12.5. The molecule has 2 aromatic heterocycles. The van der Waals surface area contributed by atoms with Crippen LogP contribution >= 0.6 is 0 Å². The van der Waals surface area contributed by atoms with Crippen LogP contribution in [0.3, 0.4) is 0 Å². The Bertz CT molecular complexity index is 1090. The number of nitrogens with zero attached hydrogens (tertiary/aromatic N) is 2. The molecule has 5 heteroatoms. The average Bonchev–Trinajstić information content (AvgIpc) is 3.02. The number of hydrogen-bond donors (Lipinski definition) is 1. The Hall–Kier alpha value is -3.21. The van der Waals surface area contributed by atoms with Crippen molar-refractivity contribution in [3.8, 4) is 11.1 Å². The zero-order chi connectivity index (χ0) is 19.0. The minimum Gasteiger partial charge on any atom is -0.356 e. The number of amides is 1. The molecule has 1 amide bonds. The highest BCUT2D eigenvalue weighted by Crippen LogP contribution is 2.30. The van der Waals surface area contributed by atoms with Crippen molar-refractivity contribution >= 4 is 22.7 Å². The molecular weight excluding hydrogens is 338 g/mol. The number of carbonyl (C=O) groups is 1. The minimum atomic E-state index is -0.113. The molecule has 0 aliphatic heterocycles. The molecule has 1 aliphatic rings. The van der Waals surface area contributed by atoms with Gasteiger partial charge in [0.2, 0.25) is 0 Å². The Morgan fingerprint density at radius 1 is 1.19 bits per heavy atom. The Morgan fingerprint density at radius 2 is 2.04 bits per heavy atom. The molecule has 0 atom stereocenters. The van der Waals surface area contributed by atoms with E-state index in [9.17, 15) is 4.79 Å². The van der Waals surface area contributed by atoms with Crippen LogP contribution in [0.1, 0.15) is 31.0 Å². The topological polar surface area (TPSA) is 68.0 Å². The summed E-state index contributed by atoms with van der Waals surface area (Å²) < 4.78 is 5.38. The molecule has 2 heterocycles. The van der Waals surface area contributed by atoms with Crippen molar-refractivity contribution in [2.45, 2.75) is 33.6 Å². The van der Waals surface area contributed by atoms with Gasteiger partial charge in [-0.15, -0.1) is 0 Å². The molecule has 0 spiro atoms. The van der Waals surface area contributed by atoms with E-state index < -0.39 is 0 Å². The van der Waals surface area contributed by atoms with E-state index in [1.165, 1.54) is 0 Å². The third-order valence-electron chi connectivity index (χ3n) is 4.99. The van der Waals surface area contributed by atoms with Crippen molar-refractivity contribution in [2.24, 2.45) is 0 Å². The van der Waals surface area contributed by atoms with E-state index in [-0.39, 0.29) is 5.91 Å². The minimum absolute atomic E-state index is 0.113. The summed E-state index contributed by atoms with van der Waals surface area (Å²) in [6.45, 7) is 5.99. The van der Waals surface area contributed by atoms with Gasteiger partial charge in [0.1, 0.15) is 5.82 Å². The fourth-order valence-electron chi connectivity index (χ4n) is 3.38. The number of aryl methyl sites for hydroxylation is 2. The Morgan fingerprint density at radius 3 is 2.78 bits per heavy atom. The maximum Gasteiger partial charge on any atom is 0.256 e. The molecule has 1 N–H and O–H groups in total. The summed E-state index contributed by atoms with van der Waals surface area (Å²) >= 11 is 0. The summed E-state index contributed by atoms with van der Waals surface area (Å²) in [7, 11) is 0. The van der Waals surface area contributed by atoms with Crippen LogP contribution in [0.2, 0.25) is 0 Å². The summed E-state index contributed by atoms with van der Waals surface area (Å²) in [6.07, 6.45) is 7.60. The number of allylic oxidation sites excluding steroid dienone is 2. The largest absolute Gasteiger partial charge is 0.356 e. The molecular formula is C22H21N3O2. The van der Waals surface area contributed by atoms with E-state index in [2.05, 4.69) is 28.4 Å². The standard InChI is InChI=1S/C22H21N3O2/c1-13-6-4-5-7-17(13)22(26)24-21-9-8-16(12-23-21)18-11-20-19(10-14(18)2)15(3)25-27-20/h5,7-12H,4,6H2,1-3H3,(H,23,24,26). The number of benzene rings is 1. The van der Waals surface area contributed by atoms with Crippen molar-refractivity contribution < 1.29 is 9.32 Å². The van der Waals surface area contributed by atoms with Gasteiger partial charge in [-0.2, -0.15) is 0 Å². The van der Waals surface area contributed by atoms with E-state index in [1.54, 1.807) is 6.20 Å². The second kappa shape index (κ2) is 6.83. The highest BCUT2D eigenvalue weighted by atomic mass is 16.5. The van der Waals surface area contributed by atoms with Crippen LogP contribution in [0, 0.1) is 13.8 Å². The van der Waals surface area contributed by atoms with Crippen LogP contribution in [0.25, 0.3) is 22.1 Å². The first-order chi connectivity index (χ1) is 13.0. The zero-order valence-corrected chi connectivity index (χ0v) is 15.7. The summed E-state index contributed by atoms with van der Waals surface area (Å²) in [5.41, 5.74) is 6.62. The smallest absolute Gasteiger partial charge is 0.256 e. The fraction of sp³-hybridized carbons (Fsp3) is 0.227.